The first-order valence-corrected chi connectivity index (χ1v) is 10.6. The predicted molar refractivity (Wildman–Crippen MR) is 130 cm³/mol. The van der Waals surface area contributed by atoms with Crippen LogP contribution >= 0.6 is 0 Å². The van der Waals surface area contributed by atoms with Crippen molar-refractivity contribution in [1.82, 2.24) is 19.5 Å². The number of pyridine rings is 2. The molecular weight excluding hydrogens is 427 g/mol. The van der Waals surface area contributed by atoms with Gasteiger partial charge in [0, 0.05) is 48.6 Å². The van der Waals surface area contributed by atoms with Gasteiger partial charge >= 0.3 is 0 Å². The van der Waals surface area contributed by atoms with Crippen LogP contribution in [0.3, 0.4) is 0 Å². The summed E-state index contributed by atoms with van der Waals surface area (Å²) in [7, 11) is 3.77. The molecule has 0 saturated heterocycles. The number of nitriles is 1. The van der Waals surface area contributed by atoms with Gasteiger partial charge in [-0.15, -0.1) is 0 Å². The summed E-state index contributed by atoms with van der Waals surface area (Å²) < 4.78 is 16.7. The highest BCUT2D eigenvalue weighted by molar-refractivity contribution is 6.04. The molecule has 6 nitrogen and oxygen atoms in total. The Kier molecular flexibility index (Phi) is 5.37. The molecule has 0 fully saturated rings. The Labute approximate surface area is 195 Å². The first-order valence-electron chi connectivity index (χ1n) is 10.6. The van der Waals surface area contributed by atoms with E-state index < -0.39 is 5.82 Å². The lowest BCUT2D eigenvalue weighted by molar-refractivity contribution is 0.614. The molecule has 5 aromatic rings. The molecule has 3 heterocycles. The molecule has 0 aliphatic rings. The summed E-state index contributed by atoms with van der Waals surface area (Å²) >= 11 is 0. The SMILES string of the molecule is CN(C)c1nc2cnc3ccc(C#Cc4cccnc4)cc3c2n1-c1ccc(CC#N)c(F)c1. The van der Waals surface area contributed by atoms with Crippen LogP contribution in [0.2, 0.25) is 0 Å². The Morgan fingerprint density at radius 2 is 1.85 bits per heavy atom. The van der Waals surface area contributed by atoms with Crippen molar-refractivity contribution in [3.8, 4) is 23.6 Å². The summed E-state index contributed by atoms with van der Waals surface area (Å²) in [5.41, 5.74) is 4.91. The van der Waals surface area contributed by atoms with E-state index in [1.165, 1.54) is 6.07 Å². The Balaban J connectivity index is 1.75. The van der Waals surface area contributed by atoms with Gasteiger partial charge in [0.15, 0.2) is 0 Å². The van der Waals surface area contributed by atoms with Crippen molar-refractivity contribution in [2.24, 2.45) is 0 Å². The molecule has 164 valence electrons. The summed E-state index contributed by atoms with van der Waals surface area (Å²) in [4.78, 5) is 15.3. The van der Waals surface area contributed by atoms with Crippen LogP contribution < -0.4 is 4.90 Å². The molecule has 0 aliphatic carbocycles. The average molecular weight is 446 g/mol. The molecule has 0 amide bonds. The molecule has 0 radical (unpaired) electrons. The van der Waals surface area contributed by atoms with E-state index in [9.17, 15) is 4.39 Å². The monoisotopic (exact) mass is 446 g/mol. The smallest absolute Gasteiger partial charge is 0.210 e. The van der Waals surface area contributed by atoms with E-state index in [2.05, 4.69) is 21.8 Å². The van der Waals surface area contributed by atoms with Crippen molar-refractivity contribution in [2.45, 2.75) is 6.42 Å². The lowest BCUT2D eigenvalue weighted by Gasteiger charge is -2.16. The van der Waals surface area contributed by atoms with Crippen LogP contribution in [0.4, 0.5) is 10.3 Å². The first-order chi connectivity index (χ1) is 16.5. The maximum atomic E-state index is 14.8. The van der Waals surface area contributed by atoms with Gasteiger partial charge in [0.1, 0.15) is 11.3 Å². The van der Waals surface area contributed by atoms with Crippen LogP contribution in [0, 0.1) is 29.0 Å². The summed E-state index contributed by atoms with van der Waals surface area (Å²) in [6.07, 6.45) is 5.17. The van der Waals surface area contributed by atoms with Gasteiger partial charge in [-0.1, -0.05) is 17.9 Å². The average Bonchev–Trinajstić information content (AvgIpc) is 3.25. The van der Waals surface area contributed by atoms with Crippen LogP contribution in [-0.4, -0.2) is 33.6 Å². The number of imidazole rings is 1. The second kappa shape index (κ2) is 8.65. The topological polar surface area (TPSA) is 70.6 Å². The van der Waals surface area contributed by atoms with Crippen LogP contribution in [0.15, 0.2) is 67.1 Å². The summed E-state index contributed by atoms with van der Waals surface area (Å²) in [6.45, 7) is 0. The lowest BCUT2D eigenvalue weighted by Crippen LogP contribution is -2.15. The zero-order valence-corrected chi connectivity index (χ0v) is 18.6. The van der Waals surface area contributed by atoms with Gasteiger partial charge in [0.2, 0.25) is 5.95 Å². The van der Waals surface area contributed by atoms with E-state index in [1.807, 2.05) is 66.0 Å². The van der Waals surface area contributed by atoms with E-state index in [0.717, 1.165) is 27.5 Å². The second-order valence-corrected chi connectivity index (χ2v) is 7.97. The quantitative estimate of drug-likeness (QED) is 0.378. The fourth-order valence-corrected chi connectivity index (χ4v) is 3.85. The van der Waals surface area contributed by atoms with Crippen LogP contribution in [0.1, 0.15) is 16.7 Å². The molecule has 0 N–H and O–H groups in total. The van der Waals surface area contributed by atoms with Crippen molar-refractivity contribution >= 4 is 27.9 Å². The standard InChI is InChI=1S/C27H19FN6/c1-33(2)27-32-25-17-31-24-10-7-18(5-6-19-4-3-13-30-16-19)14-22(24)26(25)34(27)21-9-8-20(11-12-29)23(28)15-21/h3-4,7-10,13-17H,11H2,1-2H3. The zero-order chi connectivity index (χ0) is 23.7. The summed E-state index contributed by atoms with van der Waals surface area (Å²) in [5, 5.41) is 9.82. The van der Waals surface area contributed by atoms with Gasteiger partial charge < -0.3 is 4.90 Å². The minimum absolute atomic E-state index is 0.0170. The summed E-state index contributed by atoms with van der Waals surface area (Å²) in [5.74, 6) is 6.54. The van der Waals surface area contributed by atoms with Crippen molar-refractivity contribution in [1.29, 1.82) is 5.26 Å². The maximum absolute atomic E-state index is 14.8. The number of hydrogen-bond acceptors (Lipinski definition) is 5. The molecule has 34 heavy (non-hydrogen) atoms. The number of halogens is 1. The number of rotatable bonds is 3. The number of fused-ring (bicyclic) bond motifs is 3. The molecule has 0 atom stereocenters. The molecule has 3 aromatic heterocycles. The van der Waals surface area contributed by atoms with E-state index >= 15 is 0 Å². The van der Waals surface area contributed by atoms with Crippen LogP contribution in [-0.2, 0) is 6.42 Å². The fourth-order valence-electron chi connectivity index (χ4n) is 3.85. The molecule has 2 aromatic carbocycles. The molecule has 7 heteroatoms. The normalized spacial score (nSPS) is 10.6. The summed E-state index contributed by atoms with van der Waals surface area (Å²) in [6, 6.07) is 16.5. The number of anilines is 1. The van der Waals surface area contributed by atoms with Gasteiger partial charge in [0.05, 0.1) is 35.4 Å². The second-order valence-electron chi connectivity index (χ2n) is 7.97. The molecular formula is C27H19FN6. The third-order valence-corrected chi connectivity index (χ3v) is 5.44. The van der Waals surface area contributed by atoms with E-state index in [1.54, 1.807) is 24.7 Å². The fraction of sp³-hybridized carbons (Fsp3) is 0.111. The number of hydrogen-bond donors (Lipinski definition) is 0. The predicted octanol–water partition coefficient (Wildman–Crippen LogP) is 4.64. The Morgan fingerprint density at radius 1 is 1.00 bits per heavy atom. The maximum Gasteiger partial charge on any atom is 0.210 e. The van der Waals surface area contributed by atoms with E-state index in [4.69, 9.17) is 10.2 Å². The molecule has 0 unspecified atom stereocenters. The first kappa shape index (κ1) is 21.1. The van der Waals surface area contributed by atoms with Gasteiger partial charge in [0.25, 0.3) is 0 Å². The minimum atomic E-state index is -0.424. The van der Waals surface area contributed by atoms with Crippen molar-refractivity contribution in [3.05, 3.63) is 89.6 Å². The molecule has 0 bridgehead atoms. The van der Waals surface area contributed by atoms with Crippen molar-refractivity contribution in [3.63, 3.8) is 0 Å². The van der Waals surface area contributed by atoms with Gasteiger partial charge in [-0.05, 0) is 42.5 Å². The highest BCUT2D eigenvalue weighted by atomic mass is 19.1. The van der Waals surface area contributed by atoms with Crippen molar-refractivity contribution in [2.75, 3.05) is 19.0 Å². The van der Waals surface area contributed by atoms with Gasteiger partial charge in [-0.2, -0.15) is 5.26 Å². The molecule has 0 spiro atoms. The highest BCUT2D eigenvalue weighted by Gasteiger charge is 2.18. The number of nitrogens with zero attached hydrogens (tertiary/aromatic N) is 6. The third kappa shape index (κ3) is 3.80. The van der Waals surface area contributed by atoms with Gasteiger partial charge in [-0.3, -0.25) is 14.5 Å². The number of aromatic nitrogens is 4. The third-order valence-electron chi connectivity index (χ3n) is 5.44. The molecule has 0 saturated carbocycles. The van der Waals surface area contributed by atoms with Gasteiger partial charge in [-0.25, -0.2) is 9.37 Å². The Morgan fingerprint density at radius 3 is 2.59 bits per heavy atom. The lowest BCUT2D eigenvalue weighted by atomic mass is 10.1. The Hall–Kier alpha value is -4.75. The van der Waals surface area contributed by atoms with Crippen LogP contribution in [0.5, 0.6) is 0 Å². The number of benzene rings is 2. The molecule has 5 rings (SSSR count). The van der Waals surface area contributed by atoms with E-state index in [0.29, 0.717) is 22.7 Å². The van der Waals surface area contributed by atoms with E-state index in [-0.39, 0.29) is 6.42 Å². The molecule has 0 aliphatic heterocycles. The highest BCUT2D eigenvalue weighted by Crippen LogP contribution is 2.32. The zero-order valence-electron chi connectivity index (χ0n) is 18.6. The van der Waals surface area contributed by atoms with Crippen LogP contribution in [0.25, 0.3) is 27.6 Å². The largest absolute Gasteiger partial charge is 0.348 e. The minimum Gasteiger partial charge on any atom is -0.348 e. The van der Waals surface area contributed by atoms with Crippen molar-refractivity contribution < 1.29 is 4.39 Å². The Bertz CT molecular complexity index is 1640.